The Morgan fingerprint density at radius 3 is 2.93 bits per heavy atom. The van der Waals surface area contributed by atoms with Gasteiger partial charge in [0.25, 0.3) is 5.91 Å². The Kier molecular flexibility index (Phi) is 6.04. The molecule has 4 rings (SSSR count). The van der Waals surface area contributed by atoms with Gasteiger partial charge in [-0.1, -0.05) is 29.8 Å². The first-order valence-corrected chi connectivity index (χ1v) is 10.6. The van der Waals surface area contributed by atoms with E-state index in [2.05, 4.69) is 27.0 Å². The van der Waals surface area contributed by atoms with Gasteiger partial charge in [-0.3, -0.25) is 14.6 Å². The molecule has 0 bridgehead atoms. The van der Waals surface area contributed by atoms with Crippen LogP contribution in [0, 0.1) is 5.92 Å². The Hall–Kier alpha value is -2.86. The summed E-state index contributed by atoms with van der Waals surface area (Å²) < 4.78 is 2.07. The number of benzene rings is 1. The van der Waals surface area contributed by atoms with Crippen molar-refractivity contribution in [2.24, 2.45) is 13.0 Å². The van der Waals surface area contributed by atoms with Crippen LogP contribution in [0.25, 0.3) is 10.9 Å². The molecule has 1 aliphatic heterocycles. The summed E-state index contributed by atoms with van der Waals surface area (Å²) in [5.74, 6) is 0.168. The molecule has 156 valence electrons. The third-order valence-electron chi connectivity index (χ3n) is 5.76. The molecule has 0 aliphatic carbocycles. The van der Waals surface area contributed by atoms with Gasteiger partial charge in [-0.25, -0.2) is 0 Å². The number of para-hydroxylation sites is 1. The molecule has 7 heteroatoms. The van der Waals surface area contributed by atoms with E-state index >= 15 is 0 Å². The number of amides is 2. The number of nitrogens with zero attached hydrogens (tertiary/aromatic N) is 3. The molecule has 1 fully saturated rings. The van der Waals surface area contributed by atoms with Crippen molar-refractivity contribution in [2.75, 3.05) is 19.6 Å². The third kappa shape index (κ3) is 4.33. The Morgan fingerprint density at radius 2 is 2.10 bits per heavy atom. The van der Waals surface area contributed by atoms with Crippen LogP contribution in [0.4, 0.5) is 0 Å². The van der Waals surface area contributed by atoms with Gasteiger partial charge in [0.05, 0.1) is 17.0 Å². The van der Waals surface area contributed by atoms with Gasteiger partial charge in [0, 0.05) is 56.2 Å². The van der Waals surface area contributed by atoms with Gasteiger partial charge in [0.2, 0.25) is 5.91 Å². The summed E-state index contributed by atoms with van der Waals surface area (Å²) in [6.07, 6.45) is 7.38. The molecular formula is C23H25ClN4O2. The first kappa shape index (κ1) is 20.4. The Morgan fingerprint density at radius 1 is 1.27 bits per heavy atom. The van der Waals surface area contributed by atoms with Crippen LogP contribution < -0.4 is 5.32 Å². The summed E-state index contributed by atoms with van der Waals surface area (Å²) >= 11 is 6.05. The molecule has 1 aromatic carbocycles. The molecule has 30 heavy (non-hydrogen) atoms. The predicted octanol–water partition coefficient (Wildman–Crippen LogP) is 3.44. The Bertz CT molecular complexity index is 1080. The normalized spacial score (nSPS) is 16.6. The van der Waals surface area contributed by atoms with Crippen molar-refractivity contribution in [3.05, 3.63) is 65.1 Å². The van der Waals surface area contributed by atoms with Crippen LogP contribution in [-0.2, 0) is 18.3 Å². The molecule has 1 unspecified atom stereocenters. The standard InChI is InChI=1S/C23H25ClN4O2/c1-27-15-17(18-6-2-3-7-21(18)27)11-22(29)28-10-4-5-16(14-28)12-26-23(30)19-8-9-25-13-20(19)24/h2-3,6-9,13,15-16H,4-5,10-12,14H2,1H3,(H,26,30). The fraction of sp³-hybridized carbons (Fsp3) is 0.348. The average Bonchev–Trinajstić information content (AvgIpc) is 3.08. The van der Waals surface area contributed by atoms with E-state index in [4.69, 9.17) is 11.6 Å². The number of nitrogens with one attached hydrogen (secondary N) is 1. The minimum Gasteiger partial charge on any atom is -0.352 e. The van der Waals surface area contributed by atoms with E-state index in [0.29, 0.717) is 30.1 Å². The van der Waals surface area contributed by atoms with E-state index in [9.17, 15) is 9.59 Å². The summed E-state index contributed by atoms with van der Waals surface area (Å²) in [6.45, 7) is 1.95. The van der Waals surface area contributed by atoms with Crippen molar-refractivity contribution in [1.29, 1.82) is 0 Å². The van der Waals surface area contributed by atoms with Crippen LogP contribution in [-0.4, -0.2) is 45.9 Å². The van der Waals surface area contributed by atoms with Crippen molar-refractivity contribution in [3.63, 3.8) is 0 Å². The first-order valence-electron chi connectivity index (χ1n) is 10.2. The molecule has 0 saturated carbocycles. The zero-order valence-electron chi connectivity index (χ0n) is 17.0. The lowest BCUT2D eigenvalue weighted by atomic mass is 9.97. The van der Waals surface area contributed by atoms with Gasteiger partial charge < -0.3 is 14.8 Å². The number of rotatable bonds is 5. The highest BCUT2D eigenvalue weighted by atomic mass is 35.5. The van der Waals surface area contributed by atoms with Gasteiger partial charge in [-0.2, -0.15) is 0 Å². The number of aromatic nitrogens is 2. The van der Waals surface area contributed by atoms with E-state index < -0.39 is 0 Å². The van der Waals surface area contributed by atoms with Gasteiger partial charge in [-0.15, -0.1) is 0 Å². The highest BCUT2D eigenvalue weighted by Gasteiger charge is 2.25. The monoisotopic (exact) mass is 424 g/mol. The largest absolute Gasteiger partial charge is 0.352 e. The SMILES string of the molecule is Cn1cc(CC(=O)N2CCCC(CNC(=O)c3ccncc3Cl)C2)c2ccccc21. The Balaban J connectivity index is 1.36. The predicted molar refractivity (Wildman–Crippen MR) is 118 cm³/mol. The van der Waals surface area contributed by atoms with Gasteiger partial charge in [0.1, 0.15) is 0 Å². The molecule has 6 nitrogen and oxygen atoms in total. The van der Waals surface area contributed by atoms with E-state index in [1.165, 1.54) is 6.20 Å². The summed E-state index contributed by atoms with van der Waals surface area (Å²) in [6, 6.07) is 9.76. The van der Waals surface area contributed by atoms with E-state index in [-0.39, 0.29) is 17.7 Å². The topological polar surface area (TPSA) is 67.2 Å². The van der Waals surface area contributed by atoms with Crippen LogP contribution in [0.2, 0.25) is 5.02 Å². The van der Waals surface area contributed by atoms with Crippen molar-refractivity contribution in [3.8, 4) is 0 Å². The molecule has 1 atom stereocenters. The lowest BCUT2D eigenvalue weighted by Crippen LogP contribution is -2.44. The first-order chi connectivity index (χ1) is 14.5. The second-order valence-corrected chi connectivity index (χ2v) is 8.28. The minimum atomic E-state index is -0.207. The molecule has 0 spiro atoms. The van der Waals surface area contributed by atoms with Crippen molar-refractivity contribution >= 4 is 34.3 Å². The molecule has 1 N–H and O–H groups in total. The lowest BCUT2D eigenvalue weighted by molar-refractivity contribution is -0.132. The third-order valence-corrected chi connectivity index (χ3v) is 6.06. The summed E-state index contributed by atoms with van der Waals surface area (Å²) in [4.78, 5) is 31.2. The highest BCUT2D eigenvalue weighted by Crippen LogP contribution is 2.23. The summed E-state index contributed by atoms with van der Waals surface area (Å²) in [5.41, 5.74) is 2.61. The van der Waals surface area contributed by atoms with Crippen molar-refractivity contribution in [2.45, 2.75) is 19.3 Å². The molecule has 1 aliphatic rings. The number of pyridine rings is 1. The van der Waals surface area contributed by atoms with Crippen LogP contribution in [0.5, 0.6) is 0 Å². The molecule has 2 amide bonds. The van der Waals surface area contributed by atoms with E-state index in [0.717, 1.165) is 35.9 Å². The number of likely N-dealkylation sites (tertiary alicyclic amines) is 1. The second kappa shape index (κ2) is 8.88. The summed E-state index contributed by atoms with van der Waals surface area (Å²) in [5, 5.41) is 4.42. The number of hydrogen-bond acceptors (Lipinski definition) is 3. The highest BCUT2D eigenvalue weighted by molar-refractivity contribution is 6.33. The van der Waals surface area contributed by atoms with E-state index in [1.807, 2.05) is 30.3 Å². The van der Waals surface area contributed by atoms with Crippen LogP contribution in [0.15, 0.2) is 48.9 Å². The maximum atomic E-state index is 13.0. The number of aryl methyl sites for hydroxylation is 1. The van der Waals surface area contributed by atoms with E-state index in [1.54, 1.807) is 12.3 Å². The molecule has 1 saturated heterocycles. The quantitative estimate of drug-likeness (QED) is 0.682. The zero-order valence-corrected chi connectivity index (χ0v) is 17.7. The molecule has 0 radical (unpaired) electrons. The van der Waals surface area contributed by atoms with Crippen LogP contribution in [0.1, 0.15) is 28.8 Å². The van der Waals surface area contributed by atoms with Gasteiger partial charge in [0.15, 0.2) is 0 Å². The second-order valence-electron chi connectivity index (χ2n) is 7.87. The molecule has 2 aromatic heterocycles. The number of piperidine rings is 1. The number of hydrogen-bond donors (Lipinski definition) is 1. The minimum absolute atomic E-state index is 0.138. The number of carbonyl (C=O) groups is 2. The maximum Gasteiger partial charge on any atom is 0.252 e. The smallest absolute Gasteiger partial charge is 0.252 e. The van der Waals surface area contributed by atoms with Gasteiger partial charge >= 0.3 is 0 Å². The Labute approximate surface area is 180 Å². The summed E-state index contributed by atoms with van der Waals surface area (Å²) in [7, 11) is 2.00. The fourth-order valence-corrected chi connectivity index (χ4v) is 4.40. The van der Waals surface area contributed by atoms with Gasteiger partial charge in [-0.05, 0) is 36.5 Å². The number of fused-ring (bicyclic) bond motifs is 1. The molecule has 3 heterocycles. The number of halogens is 1. The average molecular weight is 425 g/mol. The lowest BCUT2D eigenvalue weighted by Gasteiger charge is -2.33. The van der Waals surface area contributed by atoms with Crippen molar-refractivity contribution < 1.29 is 9.59 Å². The molecule has 3 aromatic rings. The molecular weight excluding hydrogens is 400 g/mol. The fourth-order valence-electron chi connectivity index (χ4n) is 4.19. The van der Waals surface area contributed by atoms with Crippen LogP contribution >= 0.6 is 11.6 Å². The zero-order chi connectivity index (χ0) is 21.1. The number of carbonyl (C=O) groups excluding carboxylic acids is 2. The van der Waals surface area contributed by atoms with Crippen LogP contribution in [0.3, 0.4) is 0 Å². The van der Waals surface area contributed by atoms with Crippen molar-refractivity contribution in [1.82, 2.24) is 19.8 Å². The maximum absolute atomic E-state index is 13.0.